The Balaban J connectivity index is 1.76. The maximum absolute atomic E-state index is 13.0. The maximum Gasteiger partial charge on any atom is 0.278 e. The quantitative estimate of drug-likeness (QED) is 0.459. The van der Waals surface area contributed by atoms with E-state index in [2.05, 4.69) is 5.32 Å². The number of carbonyl (C=O) groups is 2. The van der Waals surface area contributed by atoms with Crippen LogP contribution >= 0.6 is 0 Å². The zero-order valence-corrected chi connectivity index (χ0v) is 16.4. The average Bonchev–Trinajstić information content (AvgIpc) is 2.97. The molecule has 9 heteroatoms. The summed E-state index contributed by atoms with van der Waals surface area (Å²) in [6.07, 6.45) is 0. The number of hydrogen-bond donors (Lipinski definition) is 1. The van der Waals surface area contributed by atoms with Gasteiger partial charge in [0.2, 0.25) is 0 Å². The summed E-state index contributed by atoms with van der Waals surface area (Å²) in [4.78, 5) is 37.7. The molecule has 0 atom stereocenters. The van der Waals surface area contributed by atoms with Gasteiger partial charge in [-0.1, -0.05) is 0 Å². The van der Waals surface area contributed by atoms with E-state index in [4.69, 9.17) is 9.47 Å². The Morgan fingerprint density at radius 1 is 1.00 bits per heavy atom. The van der Waals surface area contributed by atoms with Crippen molar-refractivity contribution >= 4 is 28.8 Å². The summed E-state index contributed by atoms with van der Waals surface area (Å²) in [6, 6.07) is 10.3. The number of nitrogens with one attached hydrogen (secondary N) is 1. The van der Waals surface area contributed by atoms with Gasteiger partial charge in [0, 0.05) is 29.9 Å². The molecule has 0 spiro atoms. The standard InChI is InChI=1S/C21H19N3O6/c1-12(2)23-20(25)18(13-3-6-15(7-4-13)24(27)28)19(21(23)26)22-14-5-8-16-17(11-14)30-10-9-29-16/h3-8,11-12,22H,9-10H2,1-2H3. The van der Waals surface area contributed by atoms with Crippen LogP contribution < -0.4 is 14.8 Å². The first kappa shape index (κ1) is 19.4. The number of benzene rings is 2. The highest BCUT2D eigenvalue weighted by atomic mass is 16.6. The third-order valence-electron chi connectivity index (χ3n) is 4.81. The van der Waals surface area contributed by atoms with Gasteiger partial charge in [0.25, 0.3) is 17.5 Å². The number of anilines is 1. The van der Waals surface area contributed by atoms with E-state index in [0.717, 1.165) is 4.90 Å². The molecule has 0 unspecified atom stereocenters. The van der Waals surface area contributed by atoms with Crippen molar-refractivity contribution in [1.29, 1.82) is 0 Å². The van der Waals surface area contributed by atoms with Crippen LogP contribution in [-0.4, -0.2) is 40.9 Å². The number of non-ortho nitro benzene ring substituents is 1. The molecule has 0 saturated carbocycles. The Morgan fingerprint density at radius 2 is 1.67 bits per heavy atom. The highest BCUT2D eigenvalue weighted by Gasteiger charge is 2.40. The van der Waals surface area contributed by atoms with Gasteiger partial charge >= 0.3 is 0 Å². The highest BCUT2D eigenvalue weighted by Crippen LogP contribution is 2.36. The first-order chi connectivity index (χ1) is 14.4. The monoisotopic (exact) mass is 409 g/mol. The van der Waals surface area contributed by atoms with Crippen molar-refractivity contribution in [3.05, 3.63) is 63.8 Å². The SMILES string of the molecule is CC(C)N1C(=O)C(Nc2ccc3c(c2)OCCO3)=C(c2ccc([N+](=O)[O-])cc2)C1=O. The van der Waals surface area contributed by atoms with Gasteiger partial charge in [0.05, 0.1) is 10.5 Å². The Kier molecular flexibility index (Phi) is 4.86. The van der Waals surface area contributed by atoms with Crippen molar-refractivity contribution in [3.8, 4) is 11.5 Å². The summed E-state index contributed by atoms with van der Waals surface area (Å²) >= 11 is 0. The van der Waals surface area contributed by atoms with Crippen LogP contribution in [0.2, 0.25) is 0 Å². The lowest BCUT2D eigenvalue weighted by atomic mass is 10.0. The average molecular weight is 409 g/mol. The number of ether oxygens (including phenoxy) is 2. The van der Waals surface area contributed by atoms with Gasteiger partial charge in [-0.25, -0.2) is 0 Å². The van der Waals surface area contributed by atoms with E-state index in [1.54, 1.807) is 32.0 Å². The van der Waals surface area contributed by atoms with Crippen LogP contribution in [0.25, 0.3) is 5.57 Å². The summed E-state index contributed by atoms with van der Waals surface area (Å²) in [5.74, 6) is 0.234. The summed E-state index contributed by atoms with van der Waals surface area (Å²) in [7, 11) is 0. The number of nitro groups is 1. The minimum absolute atomic E-state index is 0.0989. The molecule has 2 heterocycles. The molecule has 2 aromatic carbocycles. The van der Waals surface area contributed by atoms with Crippen LogP contribution in [0.4, 0.5) is 11.4 Å². The minimum Gasteiger partial charge on any atom is -0.486 e. The van der Waals surface area contributed by atoms with E-state index >= 15 is 0 Å². The topological polar surface area (TPSA) is 111 Å². The Hall–Kier alpha value is -3.88. The molecule has 0 aliphatic carbocycles. The van der Waals surface area contributed by atoms with E-state index in [1.165, 1.54) is 24.3 Å². The van der Waals surface area contributed by atoms with Gasteiger partial charge in [-0.3, -0.25) is 24.6 Å². The lowest BCUT2D eigenvalue weighted by Gasteiger charge is -2.20. The summed E-state index contributed by atoms with van der Waals surface area (Å²) in [5, 5.41) is 14.0. The molecule has 0 fully saturated rings. The lowest BCUT2D eigenvalue weighted by molar-refractivity contribution is -0.384. The minimum atomic E-state index is -0.519. The lowest BCUT2D eigenvalue weighted by Crippen LogP contribution is -2.38. The van der Waals surface area contributed by atoms with Crippen molar-refractivity contribution in [2.75, 3.05) is 18.5 Å². The number of carbonyl (C=O) groups excluding carboxylic acids is 2. The zero-order valence-electron chi connectivity index (χ0n) is 16.4. The molecule has 154 valence electrons. The number of imide groups is 1. The van der Waals surface area contributed by atoms with Gasteiger partial charge < -0.3 is 14.8 Å². The number of amides is 2. The predicted octanol–water partition coefficient (Wildman–Crippen LogP) is 2.97. The second kappa shape index (κ2) is 7.51. The molecule has 30 heavy (non-hydrogen) atoms. The van der Waals surface area contributed by atoms with Gasteiger partial charge in [-0.2, -0.15) is 0 Å². The van der Waals surface area contributed by atoms with Crippen LogP contribution in [0.1, 0.15) is 19.4 Å². The molecule has 9 nitrogen and oxygen atoms in total. The van der Waals surface area contributed by atoms with Gasteiger partial charge in [0.1, 0.15) is 18.9 Å². The van der Waals surface area contributed by atoms with Crippen molar-refractivity contribution in [1.82, 2.24) is 4.90 Å². The number of nitrogens with zero attached hydrogens (tertiary/aromatic N) is 2. The third kappa shape index (κ3) is 3.34. The first-order valence-corrected chi connectivity index (χ1v) is 9.40. The van der Waals surface area contributed by atoms with Gasteiger partial charge in [-0.05, 0) is 43.7 Å². The number of hydrogen-bond acceptors (Lipinski definition) is 7. The second-order valence-corrected chi connectivity index (χ2v) is 7.11. The second-order valence-electron chi connectivity index (χ2n) is 7.11. The normalized spacial score (nSPS) is 15.8. The van der Waals surface area contributed by atoms with Crippen molar-refractivity contribution < 1.29 is 24.0 Å². The Morgan fingerprint density at radius 3 is 2.30 bits per heavy atom. The largest absolute Gasteiger partial charge is 0.486 e. The van der Waals surface area contributed by atoms with Crippen LogP contribution in [0, 0.1) is 10.1 Å². The molecule has 0 saturated heterocycles. The molecule has 4 rings (SSSR count). The van der Waals surface area contributed by atoms with Crippen molar-refractivity contribution in [2.24, 2.45) is 0 Å². The van der Waals surface area contributed by atoms with Crippen LogP contribution in [0.3, 0.4) is 0 Å². The molecule has 1 N–H and O–H groups in total. The van der Waals surface area contributed by atoms with Gasteiger partial charge in [-0.15, -0.1) is 0 Å². The zero-order chi connectivity index (χ0) is 21.4. The van der Waals surface area contributed by atoms with Gasteiger partial charge in [0.15, 0.2) is 11.5 Å². The van der Waals surface area contributed by atoms with Crippen LogP contribution in [0.15, 0.2) is 48.2 Å². The summed E-state index contributed by atoms with van der Waals surface area (Å²) < 4.78 is 11.1. The van der Waals surface area contributed by atoms with E-state index in [9.17, 15) is 19.7 Å². The van der Waals surface area contributed by atoms with Crippen molar-refractivity contribution in [2.45, 2.75) is 19.9 Å². The fraction of sp³-hybridized carbons (Fsp3) is 0.238. The molecule has 2 amide bonds. The van der Waals surface area contributed by atoms with E-state index in [-0.39, 0.29) is 23.0 Å². The number of nitro benzene ring substituents is 1. The first-order valence-electron chi connectivity index (χ1n) is 9.40. The number of fused-ring (bicyclic) bond motifs is 1. The third-order valence-corrected chi connectivity index (χ3v) is 4.81. The Bertz CT molecular complexity index is 1070. The van der Waals surface area contributed by atoms with Crippen molar-refractivity contribution in [3.63, 3.8) is 0 Å². The molecule has 0 radical (unpaired) electrons. The van der Waals surface area contributed by atoms with Crippen LogP contribution in [-0.2, 0) is 9.59 Å². The highest BCUT2D eigenvalue weighted by molar-refractivity contribution is 6.36. The molecule has 2 aromatic rings. The molecule has 0 bridgehead atoms. The summed E-state index contributed by atoms with van der Waals surface area (Å²) in [5.41, 5.74) is 1.15. The van der Waals surface area contributed by atoms with E-state index in [1.807, 2.05) is 0 Å². The fourth-order valence-electron chi connectivity index (χ4n) is 3.42. The van der Waals surface area contributed by atoms with E-state index in [0.29, 0.717) is 36.0 Å². The molecule has 2 aliphatic heterocycles. The Labute approximate surface area is 172 Å². The smallest absolute Gasteiger partial charge is 0.278 e. The summed E-state index contributed by atoms with van der Waals surface area (Å²) in [6.45, 7) is 4.38. The van der Waals surface area contributed by atoms with E-state index < -0.39 is 16.7 Å². The fourth-order valence-corrected chi connectivity index (χ4v) is 3.42. The molecule has 0 aromatic heterocycles. The van der Waals surface area contributed by atoms with Crippen LogP contribution in [0.5, 0.6) is 11.5 Å². The number of rotatable bonds is 5. The molecular formula is C21H19N3O6. The predicted molar refractivity (Wildman–Crippen MR) is 108 cm³/mol. The maximum atomic E-state index is 13.0. The molecular weight excluding hydrogens is 390 g/mol. The molecule has 2 aliphatic rings.